The summed E-state index contributed by atoms with van der Waals surface area (Å²) in [4.78, 5) is 26.1. The number of carbonyl (C=O) groups excluding carboxylic acids is 2. The molecule has 128 valence electrons. The number of carbonyl (C=O) groups is 2. The molecule has 0 spiro atoms. The molecule has 0 saturated carbocycles. The van der Waals surface area contributed by atoms with Gasteiger partial charge in [0, 0.05) is 20.2 Å². The lowest BCUT2D eigenvalue weighted by Crippen LogP contribution is -2.24. The maximum Gasteiger partial charge on any atom is 0.291 e. The summed E-state index contributed by atoms with van der Waals surface area (Å²) in [5.41, 5.74) is 0.570. The minimum atomic E-state index is -0.485. The molecule has 8 heteroatoms. The second kappa shape index (κ2) is 7.39. The lowest BCUT2D eigenvalue weighted by atomic mass is 10.1. The molecule has 0 aliphatic rings. The Kier molecular flexibility index (Phi) is 5.50. The Morgan fingerprint density at radius 1 is 1.12 bits per heavy atom. The topological polar surface area (TPSA) is 81.0 Å². The van der Waals surface area contributed by atoms with E-state index in [1.807, 2.05) is 0 Å². The molecule has 2 amide bonds. The third-order valence-electron chi connectivity index (χ3n) is 3.21. The number of ether oxygens (including phenoxy) is 2. The van der Waals surface area contributed by atoms with Crippen LogP contribution in [-0.2, 0) is 0 Å². The van der Waals surface area contributed by atoms with Crippen molar-refractivity contribution in [1.29, 1.82) is 0 Å². The molecule has 1 N–H and O–H groups in total. The van der Waals surface area contributed by atoms with Gasteiger partial charge >= 0.3 is 0 Å². The number of nitrogens with zero attached hydrogens (tertiary/aromatic N) is 1. The van der Waals surface area contributed by atoms with Gasteiger partial charge in [0.2, 0.25) is 0 Å². The Hall–Kier alpha value is -2.48. The fraction of sp³-hybridized carbons (Fsp3) is 0.250. The van der Waals surface area contributed by atoms with Gasteiger partial charge in [-0.1, -0.05) is 0 Å². The number of benzene rings is 1. The Labute approximate surface area is 147 Å². The quantitative estimate of drug-likeness (QED) is 0.839. The molecule has 1 aromatic carbocycles. The number of furan rings is 1. The van der Waals surface area contributed by atoms with Gasteiger partial charge < -0.3 is 24.1 Å². The minimum absolute atomic E-state index is 0.111. The molecule has 0 saturated heterocycles. The summed E-state index contributed by atoms with van der Waals surface area (Å²) in [5.74, 6) is 0.123. The van der Waals surface area contributed by atoms with E-state index in [0.29, 0.717) is 21.9 Å². The number of anilines is 1. The molecular weight excluding hydrogens is 380 g/mol. The predicted molar refractivity (Wildman–Crippen MR) is 91.9 cm³/mol. The van der Waals surface area contributed by atoms with Crippen molar-refractivity contribution in [3.63, 3.8) is 0 Å². The zero-order valence-electron chi connectivity index (χ0n) is 13.7. The Balaban J connectivity index is 2.45. The summed E-state index contributed by atoms with van der Waals surface area (Å²) >= 11 is 3.14. The van der Waals surface area contributed by atoms with E-state index in [1.165, 1.54) is 37.3 Å². The Morgan fingerprint density at radius 3 is 2.25 bits per heavy atom. The van der Waals surface area contributed by atoms with Crippen molar-refractivity contribution >= 4 is 33.4 Å². The van der Waals surface area contributed by atoms with Gasteiger partial charge in [-0.25, -0.2) is 0 Å². The number of nitrogens with one attached hydrogen (secondary N) is 1. The SMILES string of the molecule is COc1cc(NC(=O)c2ccc(Br)o2)c(C(=O)N(C)C)cc1OC. The summed E-state index contributed by atoms with van der Waals surface area (Å²) in [6, 6.07) is 6.18. The monoisotopic (exact) mass is 396 g/mol. The Bertz CT molecular complexity index is 770. The second-order valence-corrected chi connectivity index (χ2v) is 5.79. The van der Waals surface area contributed by atoms with E-state index in [9.17, 15) is 9.59 Å². The Morgan fingerprint density at radius 2 is 1.75 bits per heavy atom. The fourth-order valence-corrected chi connectivity index (χ4v) is 2.33. The molecule has 0 aliphatic carbocycles. The van der Waals surface area contributed by atoms with Crippen molar-refractivity contribution < 1.29 is 23.5 Å². The number of amides is 2. The van der Waals surface area contributed by atoms with Crippen LogP contribution in [0, 0.1) is 0 Å². The van der Waals surface area contributed by atoms with Gasteiger partial charge in [-0.15, -0.1) is 0 Å². The third kappa shape index (κ3) is 3.70. The van der Waals surface area contributed by atoms with Gasteiger partial charge in [-0.05, 0) is 34.1 Å². The molecule has 0 unspecified atom stereocenters. The fourth-order valence-electron chi connectivity index (χ4n) is 2.02. The van der Waals surface area contributed by atoms with Gasteiger partial charge in [-0.3, -0.25) is 9.59 Å². The van der Waals surface area contributed by atoms with Crippen LogP contribution in [0.3, 0.4) is 0 Å². The van der Waals surface area contributed by atoms with Crippen LogP contribution in [0.5, 0.6) is 11.5 Å². The lowest BCUT2D eigenvalue weighted by Gasteiger charge is -2.17. The van der Waals surface area contributed by atoms with Crippen molar-refractivity contribution in [3.05, 3.63) is 40.3 Å². The van der Waals surface area contributed by atoms with Crippen molar-refractivity contribution in [1.82, 2.24) is 4.90 Å². The molecule has 1 heterocycles. The highest BCUT2D eigenvalue weighted by Gasteiger charge is 2.21. The average Bonchev–Trinajstić information content (AvgIpc) is 3.00. The lowest BCUT2D eigenvalue weighted by molar-refractivity contribution is 0.0828. The second-order valence-electron chi connectivity index (χ2n) is 5.01. The van der Waals surface area contributed by atoms with E-state index in [2.05, 4.69) is 21.2 Å². The molecule has 0 bridgehead atoms. The molecule has 0 radical (unpaired) electrons. The smallest absolute Gasteiger partial charge is 0.291 e. The average molecular weight is 397 g/mol. The van der Waals surface area contributed by atoms with Crippen LogP contribution >= 0.6 is 15.9 Å². The van der Waals surface area contributed by atoms with Crippen LogP contribution in [0.25, 0.3) is 0 Å². The standard InChI is InChI=1S/C16H17BrN2O5/c1-19(2)16(21)9-7-12(22-3)13(23-4)8-10(9)18-15(20)11-5-6-14(17)24-11/h5-8H,1-4H3,(H,18,20). The largest absolute Gasteiger partial charge is 0.493 e. The third-order valence-corrected chi connectivity index (χ3v) is 3.63. The summed E-state index contributed by atoms with van der Waals surface area (Å²) < 4.78 is 16.1. The highest BCUT2D eigenvalue weighted by atomic mass is 79.9. The molecule has 0 aliphatic heterocycles. The predicted octanol–water partition coefficient (Wildman–Crippen LogP) is 3.01. The number of halogens is 1. The maximum absolute atomic E-state index is 12.4. The van der Waals surface area contributed by atoms with E-state index >= 15 is 0 Å². The van der Waals surface area contributed by atoms with Gasteiger partial charge in [0.1, 0.15) is 0 Å². The van der Waals surface area contributed by atoms with Crippen LogP contribution < -0.4 is 14.8 Å². The van der Waals surface area contributed by atoms with Crippen molar-refractivity contribution in [2.45, 2.75) is 0 Å². The number of methoxy groups -OCH3 is 2. The summed E-state index contributed by atoms with van der Waals surface area (Å²) in [7, 11) is 6.18. The van der Waals surface area contributed by atoms with Crippen LogP contribution in [-0.4, -0.2) is 45.0 Å². The van der Waals surface area contributed by atoms with Crippen molar-refractivity contribution in [2.24, 2.45) is 0 Å². The van der Waals surface area contributed by atoms with E-state index in [-0.39, 0.29) is 17.2 Å². The molecule has 24 heavy (non-hydrogen) atoms. The van der Waals surface area contributed by atoms with Gasteiger partial charge in [-0.2, -0.15) is 0 Å². The molecule has 0 fully saturated rings. The van der Waals surface area contributed by atoms with E-state index < -0.39 is 5.91 Å². The molecule has 2 rings (SSSR count). The van der Waals surface area contributed by atoms with Gasteiger partial charge in [0.25, 0.3) is 11.8 Å². The van der Waals surface area contributed by atoms with Crippen LogP contribution in [0.4, 0.5) is 5.69 Å². The van der Waals surface area contributed by atoms with Gasteiger partial charge in [0.15, 0.2) is 21.9 Å². The highest BCUT2D eigenvalue weighted by molar-refractivity contribution is 9.10. The highest BCUT2D eigenvalue weighted by Crippen LogP contribution is 2.34. The molecule has 0 atom stereocenters. The van der Waals surface area contributed by atoms with Crippen LogP contribution in [0.2, 0.25) is 0 Å². The first-order valence-corrected chi connectivity index (χ1v) is 7.71. The maximum atomic E-state index is 12.4. The van der Waals surface area contributed by atoms with E-state index in [4.69, 9.17) is 13.9 Å². The zero-order valence-corrected chi connectivity index (χ0v) is 15.3. The summed E-state index contributed by atoms with van der Waals surface area (Å²) in [6.07, 6.45) is 0. The number of hydrogen-bond donors (Lipinski definition) is 1. The molecule has 7 nitrogen and oxygen atoms in total. The molecule has 1 aromatic heterocycles. The van der Waals surface area contributed by atoms with Crippen molar-refractivity contribution in [2.75, 3.05) is 33.6 Å². The first-order valence-electron chi connectivity index (χ1n) is 6.91. The zero-order chi connectivity index (χ0) is 17.9. The van der Waals surface area contributed by atoms with Crippen LogP contribution in [0.15, 0.2) is 33.4 Å². The minimum Gasteiger partial charge on any atom is -0.493 e. The van der Waals surface area contributed by atoms with E-state index in [1.54, 1.807) is 20.2 Å². The normalized spacial score (nSPS) is 10.2. The van der Waals surface area contributed by atoms with E-state index in [0.717, 1.165) is 0 Å². The first kappa shape index (κ1) is 17.9. The molecule has 2 aromatic rings. The molecular formula is C16H17BrN2O5. The van der Waals surface area contributed by atoms with Gasteiger partial charge in [0.05, 0.1) is 25.5 Å². The summed E-state index contributed by atoms with van der Waals surface area (Å²) in [5, 5.41) is 2.67. The number of rotatable bonds is 5. The van der Waals surface area contributed by atoms with Crippen LogP contribution in [0.1, 0.15) is 20.9 Å². The first-order chi connectivity index (χ1) is 11.4. The number of hydrogen-bond acceptors (Lipinski definition) is 5. The van der Waals surface area contributed by atoms with Crippen molar-refractivity contribution in [3.8, 4) is 11.5 Å². The summed E-state index contributed by atoms with van der Waals surface area (Å²) in [6.45, 7) is 0.